The number of methoxy groups -OCH3 is 2. The van der Waals surface area contributed by atoms with E-state index in [1.165, 1.54) is 5.56 Å². The van der Waals surface area contributed by atoms with E-state index in [2.05, 4.69) is 28.4 Å². The van der Waals surface area contributed by atoms with Crippen molar-refractivity contribution in [2.24, 2.45) is 5.92 Å². The first-order chi connectivity index (χ1) is 15.3. The Labute approximate surface area is 185 Å². The molecule has 0 amide bonds. The van der Waals surface area contributed by atoms with Crippen LogP contribution in [-0.2, 0) is 11.3 Å². The normalized spacial score (nSPS) is 19.0. The first kappa shape index (κ1) is 21.9. The van der Waals surface area contributed by atoms with Crippen LogP contribution in [0.25, 0.3) is 0 Å². The van der Waals surface area contributed by atoms with Crippen molar-refractivity contribution >= 4 is 0 Å². The molecule has 6 nitrogen and oxygen atoms in total. The minimum Gasteiger partial charge on any atom is -0.493 e. The van der Waals surface area contributed by atoms with Gasteiger partial charge in [-0.15, -0.1) is 0 Å². The summed E-state index contributed by atoms with van der Waals surface area (Å²) in [4.78, 5) is 2.60. The van der Waals surface area contributed by atoms with E-state index in [1.54, 1.807) is 14.2 Å². The van der Waals surface area contributed by atoms with E-state index in [9.17, 15) is 0 Å². The van der Waals surface area contributed by atoms with Gasteiger partial charge in [-0.3, -0.25) is 4.90 Å². The highest BCUT2D eigenvalue weighted by molar-refractivity contribution is 5.52. The standard InChI is InChI=1S/C25H34N2O4/c1-28-23-16-21(22(17-24(23)29-2)31-18-19-6-4-3-5-7-19)25(20-8-14-30-15-9-20)27-12-10-26-11-13-27/h3-7,16-17,20,25-26H,8-15,18H2,1-2H3/t25-/m1/s1. The van der Waals surface area contributed by atoms with Gasteiger partial charge in [-0.05, 0) is 30.4 Å². The molecule has 0 aliphatic carbocycles. The van der Waals surface area contributed by atoms with E-state index >= 15 is 0 Å². The highest BCUT2D eigenvalue weighted by atomic mass is 16.5. The number of piperazine rings is 1. The second-order valence-corrected chi connectivity index (χ2v) is 8.20. The fourth-order valence-corrected chi connectivity index (χ4v) is 4.71. The molecule has 0 saturated carbocycles. The molecule has 2 saturated heterocycles. The molecule has 2 heterocycles. The van der Waals surface area contributed by atoms with Gasteiger partial charge in [0.1, 0.15) is 12.4 Å². The molecular weight excluding hydrogens is 392 g/mol. The second kappa shape index (κ2) is 10.8. The lowest BCUT2D eigenvalue weighted by Gasteiger charge is -2.41. The smallest absolute Gasteiger partial charge is 0.164 e. The summed E-state index contributed by atoms with van der Waals surface area (Å²) in [6, 6.07) is 14.7. The second-order valence-electron chi connectivity index (χ2n) is 8.20. The third kappa shape index (κ3) is 5.32. The summed E-state index contributed by atoms with van der Waals surface area (Å²) in [6.07, 6.45) is 2.11. The largest absolute Gasteiger partial charge is 0.493 e. The highest BCUT2D eigenvalue weighted by Crippen LogP contribution is 2.44. The van der Waals surface area contributed by atoms with E-state index < -0.39 is 0 Å². The van der Waals surface area contributed by atoms with Crippen LogP contribution in [0.15, 0.2) is 42.5 Å². The average molecular weight is 427 g/mol. The lowest BCUT2D eigenvalue weighted by Crippen LogP contribution is -2.47. The molecule has 6 heteroatoms. The molecule has 2 aromatic carbocycles. The van der Waals surface area contributed by atoms with Gasteiger partial charge in [0.15, 0.2) is 11.5 Å². The van der Waals surface area contributed by atoms with Crippen LogP contribution in [0.2, 0.25) is 0 Å². The van der Waals surface area contributed by atoms with Gasteiger partial charge in [0.2, 0.25) is 0 Å². The summed E-state index contributed by atoms with van der Waals surface area (Å²) >= 11 is 0. The van der Waals surface area contributed by atoms with Crippen molar-refractivity contribution in [1.29, 1.82) is 0 Å². The molecule has 0 unspecified atom stereocenters. The molecule has 168 valence electrons. The number of benzene rings is 2. The van der Waals surface area contributed by atoms with Gasteiger partial charge in [0.05, 0.1) is 14.2 Å². The van der Waals surface area contributed by atoms with E-state index in [1.807, 2.05) is 24.3 Å². The minimum atomic E-state index is 0.261. The van der Waals surface area contributed by atoms with Crippen molar-refractivity contribution in [3.63, 3.8) is 0 Å². The number of nitrogens with one attached hydrogen (secondary N) is 1. The van der Waals surface area contributed by atoms with Crippen LogP contribution in [-0.4, -0.2) is 58.5 Å². The molecule has 2 aliphatic rings. The van der Waals surface area contributed by atoms with Crippen molar-refractivity contribution in [3.8, 4) is 17.2 Å². The molecule has 1 N–H and O–H groups in total. The van der Waals surface area contributed by atoms with Crippen LogP contribution >= 0.6 is 0 Å². The van der Waals surface area contributed by atoms with Crippen LogP contribution < -0.4 is 19.5 Å². The number of nitrogens with zero attached hydrogens (tertiary/aromatic N) is 1. The molecular formula is C25H34N2O4. The Morgan fingerprint density at radius 2 is 1.65 bits per heavy atom. The lowest BCUT2D eigenvalue weighted by molar-refractivity contribution is 0.0203. The first-order valence-electron chi connectivity index (χ1n) is 11.3. The Balaban J connectivity index is 1.71. The maximum Gasteiger partial charge on any atom is 0.164 e. The fraction of sp³-hybridized carbons (Fsp3) is 0.520. The lowest BCUT2D eigenvalue weighted by atomic mass is 9.85. The molecule has 2 fully saturated rings. The van der Waals surface area contributed by atoms with E-state index in [-0.39, 0.29) is 6.04 Å². The molecule has 31 heavy (non-hydrogen) atoms. The molecule has 1 atom stereocenters. The summed E-state index contributed by atoms with van der Waals surface area (Å²) in [5.41, 5.74) is 2.33. The molecule has 4 rings (SSSR count). The van der Waals surface area contributed by atoms with Crippen LogP contribution in [0, 0.1) is 5.92 Å². The third-order valence-corrected chi connectivity index (χ3v) is 6.33. The molecule has 0 aromatic heterocycles. The monoisotopic (exact) mass is 426 g/mol. The zero-order valence-electron chi connectivity index (χ0n) is 18.6. The third-order valence-electron chi connectivity index (χ3n) is 6.33. The number of ether oxygens (including phenoxy) is 4. The predicted molar refractivity (Wildman–Crippen MR) is 121 cm³/mol. The van der Waals surface area contributed by atoms with Crippen LogP contribution in [0.3, 0.4) is 0 Å². The van der Waals surface area contributed by atoms with E-state index in [0.717, 1.165) is 69.3 Å². The zero-order valence-corrected chi connectivity index (χ0v) is 18.6. The van der Waals surface area contributed by atoms with Crippen LogP contribution in [0.1, 0.15) is 30.0 Å². The van der Waals surface area contributed by atoms with Crippen molar-refractivity contribution in [2.75, 3.05) is 53.6 Å². The molecule has 0 radical (unpaired) electrons. The molecule has 2 aliphatic heterocycles. The van der Waals surface area contributed by atoms with Crippen molar-refractivity contribution in [2.45, 2.75) is 25.5 Å². The van der Waals surface area contributed by atoms with Gasteiger partial charge in [-0.2, -0.15) is 0 Å². The summed E-state index contributed by atoms with van der Waals surface area (Å²) in [7, 11) is 3.37. The van der Waals surface area contributed by atoms with Crippen LogP contribution in [0.5, 0.6) is 17.2 Å². The Hall–Kier alpha value is -2.28. The summed E-state index contributed by atoms with van der Waals surface area (Å²) in [6.45, 7) is 6.22. The Kier molecular flexibility index (Phi) is 7.67. The number of hydrogen-bond acceptors (Lipinski definition) is 6. The van der Waals surface area contributed by atoms with Crippen molar-refractivity contribution in [1.82, 2.24) is 10.2 Å². The van der Waals surface area contributed by atoms with Gasteiger partial charge in [-0.1, -0.05) is 30.3 Å². The zero-order chi connectivity index (χ0) is 21.5. The topological polar surface area (TPSA) is 52.2 Å². The van der Waals surface area contributed by atoms with Crippen LogP contribution in [0.4, 0.5) is 0 Å². The number of hydrogen-bond donors (Lipinski definition) is 1. The van der Waals surface area contributed by atoms with E-state index in [0.29, 0.717) is 18.3 Å². The summed E-state index contributed by atoms with van der Waals surface area (Å²) in [5.74, 6) is 2.83. The maximum absolute atomic E-state index is 6.42. The average Bonchev–Trinajstić information content (AvgIpc) is 2.85. The number of rotatable bonds is 8. The Morgan fingerprint density at radius 1 is 0.968 bits per heavy atom. The van der Waals surface area contributed by atoms with Crippen molar-refractivity contribution < 1.29 is 18.9 Å². The van der Waals surface area contributed by atoms with Crippen molar-refractivity contribution in [3.05, 3.63) is 53.6 Å². The Morgan fingerprint density at radius 3 is 2.32 bits per heavy atom. The maximum atomic E-state index is 6.42. The molecule has 0 bridgehead atoms. The van der Waals surface area contributed by atoms with E-state index in [4.69, 9.17) is 18.9 Å². The van der Waals surface area contributed by atoms with Gasteiger partial charge in [0, 0.05) is 57.1 Å². The van der Waals surface area contributed by atoms with Gasteiger partial charge < -0.3 is 24.3 Å². The van der Waals surface area contributed by atoms with Gasteiger partial charge in [-0.25, -0.2) is 0 Å². The quantitative estimate of drug-likeness (QED) is 0.695. The highest BCUT2D eigenvalue weighted by Gasteiger charge is 2.34. The minimum absolute atomic E-state index is 0.261. The molecule has 2 aromatic rings. The SMILES string of the molecule is COc1cc(OCc2ccccc2)c([C@@H](C2CCOCC2)N2CCNCC2)cc1OC. The van der Waals surface area contributed by atoms with Gasteiger partial charge in [0.25, 0.3) is 0 Å². The fourth-order valence-electron chi connectivity index (χ4n) is 4.71. The summed E-state index contributed by atoms with van der Waals surface area (Å²) in [5, 5.41) is 3.48. The molecule has 0 spiro atoms. The first-order valence-corrected chi connectivity index (χ1v) is 11.3. The Bertz CT molecular complexity index is 800. The summed E-state index contributed by atoms with van der Waals surface area (Å²) < 4.78 is 23.4. The predicted octanol–water partition coefficient (Wildman–Crippen LogP) is 3.66. The van der Waals surface area contributed by atoms with Gasteiger partial charge >= 0.3 is 0 Å².